The maximum Gasteiger partial charge on any atom is 0.124 e. The van der Waals surface area contributed by atoms with E-state index in [2.05, 4.69) is 36.1 Å². The number of carbonyl (C=O) groups is 1. The SMILES string of the molecule is CC[C@@H]1CN(Cc2ccccc2)CC1C=O. The third-order valence-electron chi connectivity index (χ3n) is 3.52. The molecule has 2 rings (SSSR count). The Morgan fingerprint density at radius 3 is 2.62 bits per heavy atom. The molecule has 2 heteroatoms. The number of benzene rings is 1. The standard InChI is InChI=1S/C14H19NO/c1-2-13-9-15(10-14(13)11-16)8-12-6-4-3-5-7-12/h3-7,11,13-14H,2,8-10H2,1H3/t13-,14?/m1/s1. The first-order chi connectivity index (χ1) is 7.83. The summed E-state index contributed by atoms with van der Waals surface area (Å²) in [4.78, 5) is 13.3. The Labute approximate surface area is 97.3 Å². The van der Waals surface area contributed by atoms with Gasteiger partial charge in [0.15, 0.2) is 0 Å². The summed E-state index contributed by atoms with van der Waals surface area (Å²) in [6, 6.07) is 10.5. The zero-order chi connectivity index (χ0) is 11.4. The lowest BCUT2D eigenvalue weighted by atomic mass is 9.95. The van der Waals surface area contributed by atoms with Crippen molar-refractivity contribution in [2.45, 2.75) is 19.9 Å². The molecule has 0 aliphatic carbocycles. The molecule has 1 aliphatic heterocycles. The van der Waals surface area contributed by atoms with Crippen molar-refractivity contribution in [3.63, 3.8) is 0 Å². The highest BCUT2D eigenvalue weighted by molar-refractivity contribution is 5.55. The zero-order valence-electron chi connectivity index (χ0n) is 9.80. The minimum absolute atomic E-state index is 0.244. The molecule has 2 nitrogen and oxygen atoms in total. The molecule has 1 aromatic carbocycles. The molecule has 0 bridgehead atoms. The van der Waals surface area contributed by atoms with Gasteiger partial charge in [0.05, 0.1) is 0 Å². The number of hydrogen-bond donors (Lipinski definition) is 0. The van der Waals surface area contributed by atoms with E-state index < -0.39 is 0 Å². The molecule has 1 aliphatic rings. The van der Waals surface area contributed by atoms with E-state index in [-0.39, 0.29) is 5.92 Å². The van der Waals surface area contributed by atoms with Crippen LogP contribution in [0.2, 0.25) is 0 Å². The van der Waals surface area contributed by atoms with E-state index >= 15 is 0 Å². The van der Waals surface area contributed by atoms with Crippen LogP contribution in [-0.2, 0) is 11.3 Å². The molecule has 0 radical (unpaired) electrons. The Bertz CT molecular complexity index is 336. The van der Waals surface area contributed by atoms with Gasteiger partial charge in [0, 0.05) is 25.6 Å². The molecule has 0 N–H and O–H groups in total. The quantitative estimate of drug-likeness (QED) is 0.721. The summed E-state index contributed by atoms with van der Waals surface area (Å²) in [5.74, 6) is 0.801. The fourth-order valence-corrected chi connectivity index (χ4v) is 2.55. The highest BCUT2D eigenvalue weighted by Gasteiger charge is 2.30. The maximum absolute atomic E-state index is 10.9. The van der Waals surface area contributed by atoms with E-state index in [9.17, 15) is 4.79 Å². The van der Waals surface area contributed by atoms with Crippen LogP contribution >= 0.6 is 0 Å². The van der Waals surface area contributed by atoms with Crippen molar-refractivity contribution in [3.05, 3.63) is 35.9 Å². The molecule has 0 spiro atoms. The highest BCUT2D eigenvalue weighted by atomic mass is 16.1. The Balaban J connectivity index is 1.96. The molecular formula is C14H19NO. The highest BCUT2D eigenvalue weighted by Crippen LogP contribution is 2.25. The van der Waals surface area contributed by atoms with Crippen molar-refractivity contribution in [1.29, 1.82) is 0 Å². The van der Waals surface area contributed by atoms with Crippen LogP contribution in [0, 0.1) is 11.8 Å². The number of hydrogen-bond acceptors (Lipinski definition) is 2. The van der Waals surface area contributed by atoms with Crippen molar-refractivity contribution < 1.29 is 4.79 Å². The lowest BCUT2D eigenvalue weighted by Gasteiger charge is -2.15. The van der Waals surface area contributed by atoms with Crippen molar-refractivity contribution in [2.24, 2.45) is 11.8 Å². The summed E-state index contributed by atoms with van der Waals surface area (Å²) >= 11 is 0. The first-order valence-electron chi connectivity index (χ1n) is 6.05. The van der Waals surface area contributed by atoms with Gasteiger partial charge in [-0.05, 0) is 11.5 Å². The Hall–Kier alpha value is -1.15. The van der Waals surface area contributed by atoms with E-state index in [4.69, 9.17) is 0 Å². The molecule has 1 saturated heterocycles. The van der Waals surface area contributed by atoms with Crippen molar-refractivity contribution >= 4 is 6.29 Å². The van der Waals surface area contributed by atoms with Gasteiger partial charge in [0.1, 0.15) is 6.29 Å². The van der Waals surface area contributed by atoms with Crippen LogP contribution < -0.4 is 0 Å². The Morgan fingerprint density at radius 2 is 2.06 bits per heavy atom. The van der Waals surface area contributed by atoms with E-state index in [1.54, 1.807) is 0 Å². The molecular weight excluding hydrogens is 198 g/mol. The summed E-state index contributed by atoms with van der Waals surface area (Å²) < 4.78 is 0. The van der Waals surface area contributed by atoms with Crippen molar-refractivity contribution in [3.8, 4) is 0 Å². The fraction of sp³-hybridized carbons (Fsp3) is 0.500. The van der Waals surface area contributed by atoms with Crippen molar-refractivity contribution in [2.75, 3.05) is 13.1 Å². The molecule has 2 atom stereocenters. The van der Waals surface area contributed by atoms with Crippen molar-refractivity contribution in [1.82, 2.24) is 4.90 Å². The van der Waals surface area contributed by atoms with Gasteiger partial charge in [-0.1, -0.05) is 43.7 Å². The second-order valence-corrected chi connectivity index (χ2v) is 4.65. The van der Waals surface area contributed by atoms with Gasteiger partial charge in [0.2, 0.25) is 0 Å². The fourth-order valence-electron chi connectivity index (χ4n) is 2.55. The van der Waals surface area contributed by atoms with Gasteiger partial charge in [0.25, 0.3) is 0 Å². The second-order valence-electron chi connectivity index (χ2n) is 4.65. The van der Waals surface area contributed by atoms with Crippen LogP contribution in [0.25, 0.3) is 0 Å². The summed E-state index contributed by atoms with van der Waals surface area (Å²) in [6.45, 7) is 5.14. The average Bonchev–Trinajstić information content (AvgIpc) is 2.72. The molecule has 1 aromatic rings. The number of aldehydes is 1. The molecule has 0 saturated carbocycles. The number of rotatable bonds is 4. The van der Waals surface area contributed by atoms with Gasteiger partial charge in [-0.25, -0.2) is 0 Å². The summed E-state index contributed by atoms with van der Waals surface area (Å²) in [5, 5.41) is 0. The lowest BCUT2D eigenvalue weighted by molar-refractivity contribution is -0.111. The normalized spacial score (nSPS) is 25.8. The smallest absolute Gasteiger partial charge is 0.124 e. The minimum atomic E-state index is 0.244. The van der Waals surface area contributed by atoms with Gasteiger partial charge in [-0.15, -0.1) is 0 Å². The third-order valence-corrected chi connectivity index (χ3v) is 3.52. The minimum Gasteiger partial charge on any atom is -0.303 e. The van der Waals surface area contributed by atoms with Crippen LogP contribution in [0.4, 0.5) is 0 Å². The molecule has 0 amide bonds. The molecule has 1 heterocycles. The van der Waals surface area contributed by atoms with Gasteiger partial charge < -0.3 is 4.79 Å². The number of carbonyl (C=O) groups excluding carboxylic acids is 1. The third kappa shape index (κ3) is 2.50. The number of nitrogens with zero attached hydrogens (tertiary/aromatic N) is 1. The van der Waals surface area contributed by atoms with Gasteiger partial charge in [-0.3, -0.25) is 4.90 Å². The largest absolute Gasteiger partial charge is 0.303 e. The first-order valence-corrected chi connectivity index (χ1v) is 6.05. The van der Waals surface area contributed by atoms with Gasteiger partial charge in [-0.2, -0.15) is 0 Å². The molecule has 1 fully saturated rings. The molecule has 16 heavy (non-hydrogen) atoms. The molecule has 0 aromatic heterocycles. The monoisotopic (exact) mass is 217 g/mol. The predicted molar refractivity (Wildman–Crippen MR) is 65.1 cm³/mol. The van der Waals surface area contributed by atoms with Crippen LogP contribution in [-0.4, -0.2) is 24.3 Å². The average molecular weight is 217 g/mol. The van der Waals surface area contributed by atoms with Crippen LogP contribution in [0.3, 0.4) is 0 Å². The summed E-state index contributed by atoms with van der Waals surface area (Å²) in [7, 11) is 0. The van der Waals surface area contributed by atoms with Gasteiger partial charge >= 0.3 is 0 Å². The Kier molecular flexibility index (Phi) is 3.73. The maximum atomic E-state index is 10.9. The van der Waals surface area contributed by atoms with E-state index in [0.717, 1.165) is 32.3 Å². The topological polar surface area (TPSA) is 20.3 Å². The number of likely N-dealkylation sites (tertiary alicyclic amines) is 1. The van der Waals surface area contributed by atoms with E-state index in [0.29, 0.717) is 5.92 Å². The Morgan fingerprint density at radius 1 is 1.31 bits per heavy atom. The first kappa shape index (κ1) is 11.3. The van der Waals surface area contributed by atoms with Crippen LogP contribution in [0.1, 0.15) is 18.9 Å². The second kappa shape index (κ2) is 5.26. The predicted octanol–water partition coefficient (Wildman–Crippen LogP) is 2.34. The summed E-state index contributed by atoms with van der Waals surface area (Å²) in [6.07, 6.45) is 2.24. The van der Waals surface area contributed by atoms with Crippen LogP contribution in [0.15, 0.2) is 30.3 Å². The molecule has 86 valence electrons. The van der Waals surface area contributed by atoms with E-state index in [1.165, 1.54) is 5.56 Å². The lowest BCUT2D eigenvalue weighted by Crippen LogP contribution is -2.20. The van der Waals surface area contributed by atoms with E-state index in [1.807, 2.05) is 6.07 Å². The van der Waals surface area contributed by atoms with Crippen LogP contribution in [0.5, 0.6) is 0 Å². The summed E-state index contributed by atoms with van der Waals surface area (Å²) in [5.41, 5.74) is 1.34. The molecule has 1 unspecified atom stereocenters. The zero-order valence-corrected chi connectivity index (χ0v) is 9.80.